The Kier molecular flexibility index (Phi) is 4.83. The van der Waals surface area contributed by atoms with Crippen LogP contribution in [0, 0.1) is 0 Å². The van der Waals surface area contributed by atoms with Gasteiger partial charge in [-0.1, -0.05) is 48.5 Å². The molecule has 152 valence electrons. The molecule has 1 atom stereocenters. The highest BCUT2D eigenvalue weighted by Gasteiger charge is 2.33. The fraction of sp³-hybridized carbons (Fsp3) is 0.292. The molecule has 6 nitrogen and oxygen atoms in total. The summed E-state index contributed by atoms with van der Waals surface area (Å²) in [5.41, 5.74) is 2.67. The number of para-hydroxylation sites is 1. The monoisotopic (exact) mass is 401 g/mol. The molecule has 0 spiro atoms. The maximum Gasteiger partial charge on any atom is 0.358 e. The highest BCUT2D eigenvalue weighted by Crippen LogP contribution is 2.40. The molecule has 5 rings (SSSR count). The van der Waals surface area contributed by atoms with Gasteiger partial charge in [0, 0.05) is 17.5 Å². The smallest absolute Gasteiger partial charge is 0.358 e. The fourth-order valence-corrected chi connectivity index (χ4v) is 3.46. The molecule has 1 amide bonds. The van der Waals surface area contributed by atoms with Crippen molar-refractivity contribution in [1.29, 1.82) is 0 Å². The molecular weight excluding hydrogens is 378 g/mol. The van der Waals surface area contributed by atoms with Crippen LogP contribution in [-0.2, 0) is 9.53 Å². The quantitative estimate of drug-likeness (QED) is 0.609. The Hall–Kier alpha value is -3.41. The summed E-state index contributed by atoms with van der Waals surface area (Å²) in [6, 6.07) is 20.6. The average Bonchev–Trinajstić information content (AvgIpc) is 3.72. The molecule has 2 aliphatic carbocycles. The summed E-state index contributed by atoms with van der Waals surface area (Å²) in [5.74, 6) is -0.451. The molecule has 0 radical (unpaired) electrons. The number of rotatable bonds is 7. The number of nitrogens with zero attached hydrogens (tertiary/aromatic N) is 2. The maximum atomic E-state index is 13.2. The van der Waals surface area contributed by atoms with Crippen molar-refractivity contribution in [1.82, 2.24) is 15.1 Å². The van der Waals surface area contributed by atoms with Crippen molar-refractivity contribution in [2.75, 3.05) is 0 Å². The first-order valence-electron chi connectivity index (χ1n) is 10.4. The van der Waals surface area contributed by atoms with E-state index in [1.807, 2.05) is 48.5 Å². The lowest BCUT2D eigenvalue weighted by atomic mass is 10.1. The van der Waals surface area contributed by atoms with E-state index in [2.05, 4.69) is 10.4 Å². The van der Waals surface area contributed by atoms with Gasteiger partial charge in [-0.2, -0.15) is 5.10 Å². The van der Waals surface area contributed by atoms with E-state index in [4.69, 9.17) is 4.74 Å². The number of ether oxygens (including phenoxy) is 1. The Morgan fingerprint density at radius 2 is 1.63 bits per heavy atom. The van der Waals surface area contributed by atoms with Crippen LogP contribution in [0.25, 0.3) is 5.69 Å². The first-order chi connectivity index (χ1) is 14.7. The van der Waals surface area contributed by atoms with Crippen molar-refractivity contribution in [3.8, 4) is 5.69 Å². The van der Waals surface area contributed by atoms with E-state index in [9.17, 15) is 9.59 Å². The second-order valence-corrected chi connectivity index (χ2v) is 7.95. The minimum atomic E-state index is -0.997. The van der Waals surface area contributed by atoms with Crippen LogP contribution in [0.3, 0.4) is 0 Å². The molecular formula is C24H23N3O3. The normalized spacial score (nSPS) is 16.7. The van der Waals surface area contributed by atoms with E-state index in [1.54, 1.807) is 22.9 Å². The predicted molar refractivity (Wildman–Crippen MR) is 111 cm³/mol. The van der Waals surface area contributed by atoms with Crippen molar-refractivity contribution in [2.24, 2.45) is 0 Å². The molecule has 0 unspecified atom stereocenters. The first kappa shape index (κ1) is 18.6. The molecule has 3 aromatic rings. The summed E-state index contributed by atoms with van der Waals surface area (Å²) in [5, 5.41) is 7.61. The van der Waals surface area contributed by atoms with Gasteiger partial charge in [0.15, 0.2) is 5.69 Å². The SMILES string of the molecule is O=C(O[C@@H](C(=O)NC1CC1)c1ccccc1)c1cc(C2CC2)nn1-c1ccccc1. The summed E-state index contributed by atoms with van der Waals surface area (Å²) in [6.45, 7) is 0. The molecule has 2 saturated carbocycles. The Bertz CT molecular complexity index is 1050. The number of aromatic nitrogens is 2. The van der Waals surface area contributed by atoms with Crippen LogP contribution in [0.5, 0.6) is 0 Å². The van der Waals surface area contributed by atoms with Gasteiger partial charge in [-0.3, -0.25) is 4.79 Å². The Labute approximate surface area is 174 Å². The number of nitrogens with one attached hydrogen (secondary N) is 1. The van der Waals surface area contributed by atoms with Crippen LogP contribution >= 0.6 is 0 Å². The number of hydrogen-bond donors (Lipinski definition) is 1. The van der Waals surface area contributed by atoms with Crippen molar-refractivity contribution in [2.45, 2.75) is 43.7 Å². The Morgan fingerprint density at radius 3 is 2.27 bits per heavy atom. The van der Waals surface area contributed by atoms with E-state index in [1.165, 1.54) is 0 Å². The first-order valence-corrected chi connectivity index (χ1v) is 10.4. The highest BCUT2D eigenvalue weighted by atomic mass is 16.5. The van der Waals surface area contributed by atoms with Crippen molar-refractivity contribution >= 4 is 11.9 Å². The summed E-state index contributed by atoms with van der Waals surface area (Å²) >= 11 is 0. The van der Waals surface area contributed by atoms with Gasteiger partial charge in [0.25, 0.3) is 5.91 Å². The van der Waals surface area contributed by atoms with Crippen LogP contribution in [0.15, 0.2) is 66.7 Å². The number of carbonyl (C=O) groups is 2. The molecule has 2 fully saturated rings. The van der Waals surface area contributed by atoms with Gasteiger partial charge in [-0.15, -0.1) is 0 Å². The lowest BCUT2D eigenvalue weighted by molar-refractivity contribution is -0.130. The Balaban J connectivity index is 1.46. The second kappa shape index (κ2) is 7.78. The number of carbonyl (C=O) groups excluding carboxylic acids is 2. The summed E-state index contributed by atoms with van der Waals surface area (Å²) < 4.78 is 7.40. The maximum absolute atomic E-state index is 13.2. The van der Waals surface area contributed by atoms with Crippen molar-refractivity contribution in [3.63, 3.8) is 0 Å². The number of amides is 1. The third kappa shape index (κ3) is 3.99. The molecule has 1 heterocycles. The largest absolute Gasteiger partial charge is 0.443 e. The molecule has 0 aliphatic heterocycles. The average molecular weight is 401 g/mol. The fourth-order valence-electron chi connectivity index (χ4n) is 3.46. The standard InChI is InChI=1S/C24H23N3O3/c28-23(25-18-13-14-18)22(17-7-3-1-4-8-17)30-24(29)21-15-20(16-11-12-16)26-27(21)19-9-5-2-6-10-19/h1-10,15-16,18,22H,11-14H2,(H,25,28)/t22-/m1/s1. The van der Waals surface area contributed by atoms with E-state index in [0.29, 0.717) is 17.2 Å². The molecule has 2 aromatic carbocycles. The van der Waals surface area contributed by atoms with Gasteiger partial charge in [-0.25, -0.2) is 9.48 Å². The number of benzene rings is 2. The molecule has 30 heavy (non-hydrogen) atoms. The highest BCUT2D eigenvalue weighted by molar-refractivity contribution is 5.92. The van der Waals surface area contributed by atoms with Crippen LogP contribution in [0.4, 0.5) is 0 Å². The van der Waals surface area contributed by atoms with Gasteiger partial charge in [0.2, 0.25) is 6.10 Å². The van der Waals surface area contributed by atoms with Gasteiger partial charge in [0.05, 0.1) is 11.4 Å². The van der Waals surface area contributed by atoms with Gasteiger partial charge in [0.1, 0.15) is 0 Å². The molecule has 2 aliphatic rings. The minimum absolute atomic E-state index is 0.179. The third-order valence-electron chi connectivity index (χ3n) is 5.42. The minimum Gasteiger partial charge on any atom is -0.443 e. The van der Waals surface area contributed by atoms with Gasteiger partial charge < -0.3 is 10.1 Å². The lowest BCUT2D eigenvalue weighted by Crippen LogP contribution is -2.33. The van der Waals surface area contributed by atoms with Crippen LogP contribution < -0.4 is 5.32 Å². The van der Waals surface area contributed by atoms with Crippen LogP contribution in [-0.4, -0.2) is 27.7 Å². The predicted octanol–water partition coefficient (Wildman–Crippen LogP) is 3.93. The van der Waals surface area contributed by atoms with Crippen molar-refractivity contribution < 1.29 is 14.3 Å². The zero-order valence-electron chi connectivity index (χ0n) is 16.5. The third-order valence-corrected chi connectivity index (χ3v) is 5.42. The Morgan fingerprint density at radius 1 is 0.967 bits per heavy atom. The number of esters is 1. The summed E-state index contributed by atoms with van der Waals surface area (Å²) in [7, 11) is 0. The van der Waals surface area contributed by atoms with Gasteiger partial charge in [-0.05, 0) is 43.9 Å². The second-order valence-electron chi connectivity index (χ2n) is 7.95. The zero-order chi connectivity index (χ0) is 20.5. The molecule has 0 bridgehead atoms. The van der Waals surface area contributed by atoms with Crippen LogP contribution in [0.2, 0.25) is 0 Å². The summed E-state index contributed by atoms with van der Waals surface area (Å²) in [6.07, 6.45) is 3.09. The van der Waals surface area contributed by atoms with Crippen molar-refractivity contribution in [3.05, 3.63) is 83.7 Å². The summed E-state index contributed by atoms with van der Waals surface area (Å²) in [4.78, 5) is 26.1. The lowest BCUT2D eigenvalue weighted by Gasteiger charge is -2.18. The number of hydrogen-bond acceptors (Lipinski definition) is 4. The molecule has 0 saturated heterocycles. The van der Waals surface area contributed by atoms with Crippen LogP contribution in [0.1, 0.15) is 59.5 Å². The molecule has 6 heteroatoms. The van der Waals surface area contributed by atoms with E-state index in [0.717, 1.165) is 37.1 Å². The topological polar surface area (TPSA) is 73.2 Å². The zero-order valence-corrected chi connectivity index (χ0v) is 16.5. The van der Waals surface area contributed by atoms with E-state index < -0.39 is 12.1 Å². The molecule has 1 N–H and O–H groups in total. The molecule has 1 aromatic heterocycles. The van der Waals surface area contributed by atoms with E-state index in [-0.39, 0.29) is 11.9 Å². The van der Waals surface area contributed by atoms with E-state index >= 15 is 0 Å². The van der Waals surface area contributed by atoms with Gasteiger partial charge >= 0.3 is 5.97 Å².